The minimum absolute atomic E-state index is 0.00231. The number of rotatable bonds is 16. The Bertz CT molecular complexity index is 1080. The van der Waals surface area contributed by atoms with Crippen molar-refractivity contribution in [1.29, 1.82) is 0 Å². The molecule has 0 radical (unpaired) electrons. The van der Waals surface area contributed by atoms with E-state index in [-0.39, 0.29) is 37.0 Å². The average molecular weight is 499 g/mol. The van der Waals surface area contributed by atoms with Gasteiger partial charge in [0.1, 0.15) is 43.6 Å². The molecule has 0 unspecified atom stereocenters. The molecule has 2 N–H and O–H groups in total. The van der Waals surface area contributed by atoms with Crippen molar-refractivity contribution in [3.05, 3.63) is 54.6 Å². The first-order valence-electron chi connectivity index (χ1n) is 10.8. The molecule has 11 nitrogen and oxygen atoms in total. The van der Waals surface area contributed by atoms with E-state index in [1.807, 2.05) is 0 Å². The number of carboxylic acids is 3. The third-order valence-corrected chi connectivity index (χ3v) is 4.75. The molecule has 0 aliphatic carbocycles. The van der Waals surface area contributed by atoms with Gasteiger partial charge in [-0.2, -0.15) is 0 Å². The van der Waals surface area contributed by atoms with Crippen molar-refractivity contribution in [2.24, 2.45) is 0 Å². The van der Waals surface area contributed by atoms with Gasteiger partial charge in [0.05, 0.1) is 30.4 Å². The van der Waals surface area contributed by atoms with Gasteiger partial charge in [0.15, 0.2) is 0 Å². The first-order valence-corrected chi connectivity index (χ1v) is 10.8. The van der Waals surface area contributed by atoms with Crippen LogP contribution in [0.25, 0.3) is 6.08 Å². The van der Waals surface area contributed by atoms with Crippen LogP contribution in [-0.2, 0) is 19.2 Å². The fourth-order valence-corrected chi connectivity index (χ4v) is 3.38. The fourth-order valence-electron chi connectivity index (χ4n) is 3.38. The number of carbonyl (C=O) groups is 4. The second-order valence-electron chi connectivity index (χ2n) is 7.67. The molecule has 2 aromatic rings. The van der Waals surface area contributed by atoms with Crippen molar-refractivity contribution in [2.45, 2.75) is 6.92 Å². The second-order valence-corrected chi connectivity index (χ2v) is 7.67. The van der Waals surface area contributed by atoms with Gasteiger partial charge in [0.2, 0.25) is 0 Å². The molecular weight excluding hydrogens is 472 g/mol. The Hall–Kier alpha value is -4.54. The summed E-state index contributed by atoms with van der Waals surface area (Å²) in [6.07, 6.45) is 1.59. The van der Waals surface area contributed by atoms with E-state index in [1.54, 1.807) is 42.5 Å². The highest BCUT2D eigenvalue weighted by atomic mass is 16.5. The number of ketones is 1. The van der Waals surface area contributed by atoms with Crippen molar-refractivity contribution in [3.8, 4) is 11.5 Å². The number of Topliss-reactive ketones (excluding diaryl/α,β-unsaturated/α-hetero) is 1. The molecule has 192 valence electrons. The van der Waals surface area contributed by atoms with Crippen LogP contribution in [0.15, 0.2) is 49.0 Å². The molecule has 0 fully saturated rings. The number of hydrogen-bond donors (Lipinski definition) is 2. The second kappa shape index (κ2) is 13.4. The summed E-state index contributed by atoms with van der Waals surface area (Å²) in [7, 11) is 0. The molecule has 0 spiro atoms. The van der Waals surface area contributed by atoms with Crippen molar-refractivity contribution in [2.75, 3.05) is 49.2 Å². The molecule has 0 saturated heterocycles. The van der Waals surface area contributed by atoms with Gasteiger partial charge in [-0.25, -0.2) is 0 Å². The van der Waals surface area contributed by atoms with Gasteiger partial charge in [0.25, 0.3) is 0 Å². The number of benzene rings is 2. The van der Waals surface area contributed by atoms with Crippen molar-refractivity contribution in [1.82, 2.24) is 0 Å². The number of carboxylic acid groups (broad SMARTS) is 3. The van der Waals surface area contributed by atoms with Crippen molar-refractivity contribution < 1.29 is 44.0 Å². The maximum absolute atomic E-state index is 11.7. The van der Waals surface area contributed by atoms with Crippen molar-refractivity contribution >= 4 is 41.1 Å². The van der Waals surface area contributed by atoms with E-state index in [0.717, 1.165) is 4.90 Å². The predicted molar refractivity (Wildman–Crippen MR) is 129 cm³/mol. The number of para-hydroxylation sites is 2. The number of anilines is 2. The average Bonchev–Trinajstić information content (AvgIpc) is 2.80. The van der Waals surface area contributed by atoms with Crippen LogP contribution >= 0.6 is 0 Å². The van der Waals surface area contributed by atoms with Crippen LogP contribution < -0.4 is 24.4 Å². The zero-order valence-electron chi connectivity index (χ0n) is 19.7. The summed E-state index contributed by atoms with van der Waals surface area (Å²) in [6, 6.07) is 11.4. The number of hydrogen-bond acceptors (Lipinski definition) is 9. The molecule has 0 amide bonds. The van der Waals surface area contributed by atoms with E-state index in [2.05, 4.69) is 6.58 Å². The van der Waals surface area contributed by atoms with Gasteiger partial charge in [-0.05, 0) is 36.8 Å². The monoisotopic (exact) mass is 499 g/mol. The van der Waals surface area contributed by atoms with Crippen LogP contribution in [0.1, 0.15) is 12.5 Å². The molecule has 0 bridgehead atoms. The van der Waals surface area contributed by atoms with Gasteiger partial charge in [-0.3, -0.25) is 14.4 Å². The van der Waals surface area contributed by atoms with Gasteiger partial charge in [-0.15, -0.1) is 0 Å². The van der Waals surface area contributed by atoms with E-state index < -0.39 is 37.5 Å². The predicted octanol–water partition coefficient (Wildman–Crippen LogP) is 0.908. The minimum atomic E-state index is -1.44. The molecule has 36 heavy (non-hydrogen) atoms. The summed E-state index contributed by atoms with van der Waals surface area (Å²) in [6.45, 7) is 3.31. The Morgan fingerprint density at radius 2 is 1.42 bits per heavy atom. The number of aliphatic carboxylic acids is 3. The van der Waals surface area contributed by atoms with E-state index in [0.29, 0.717) is 17.0 Å². The maximum atomic E-state index is 11.7. The Morgan fingerprint density at radius 3 is 1.97 bits per heavy atom. The van der Waals surface area contributed by atoms with E-state index in [9.17, 15) is 29.4 Å². The minimum Gasteiger partial charge on any atom is -0.548 e. The Labute approximate surface area is 207 Å². The Morgan fingerprint density at radius 1 is 0.861 bits per heavy atom. The smallest absolute Gasteiger partial charge is 0.323 e. The first-order chi connectivity index (χ1) is 17.1. The molecule has 0 atom stereocenters. The van der Waals surface area contributed by atoms with E-state index in [1.165, 1.54) is 17.9 Å². The summed E-state index contributed by atoms with van der Waals surface area (Å²) < 4.78 is 11.6. The maximum Gasteiger partial charge on any atom is 0.323 e. The first kappa shape index (κ1) is 27.7. The molecule has 0 aliphatic heterocycles. The molecule has 0 heterocycles. The molecule has 0 aromatic heterocycles. The molecule has 0 aliphatic rings. The zero-order valence-corrected chi connectivity index (χ0v) is 19.7. The topological polar surface area (TPSA) is 157 Å². The fraction of sp³-hybridized carbons (Fsp3) is 0.280. The summed E-state index contributed by atoms with van der Waals surface area (Å²) in [5, 5.41) is 29.5. The molecule has 0 saturated carbocycles. The van der Waals surface area contributed by atoms with Crippen LogP contribution in [0.3, 0.4) is 0 Å². The van der Waals surface area contributed by atoms with Crippen LogP contribution in [-0.4, -0.2) is 73.3 Å². The normalized spacial score (nSPS) is 10.2. The lowest BCUT2D eigenvalue weighted by Gasteiger charge is -2.26. The van der Waals surface area contributed by atoms with Crippen molar-refractivity contribution in [3.63, 3.8) is 0 Å². The lowest BCUT2D eigenvalue weighted by molar-refractivity contribution is -0.303. The Kier molecular flexibility index (Phi) is 10.3. The van der Waals surface area contributed by atoms with Gasteiger partial charge >= 0.3 is 11.9 Å². The quantitative estimate of drug-likeness (QED) is 0.316. The molecule has 2 rings (SSSR count). The Balaban J connectivity index is 2.19. The van der Waals surface area contributed by atoms with Crippen LogP contribution in [0.4, 0.5) is 11.4 Å². The largest absolute Gasteiger partial charge is 0.548 e. The molecule has 11 heteroatoms. The van der Waals surface area contributed by atoms with Gasteiger partial charge in [0, 0.05) is 0 Å². The highest BCUT2D eigenvalue weighted by molar-refractivity contribution is 5.85. The third-order valence-electron chi connectivity index (χ3n) is 4.75. The van der Waals surface area contributed by atoms with Gasteiger partial charge in [-0.1, -0.05) is 30.9 Å². The van der Waals surface area contributed by atoms with E-state index in [4.69, 9.17) is 14.6 Å². The summed E-state index contributed by atoms with van der Waals surface area (Å²) in [4.78, 5) is 47.8. The van der Waals surface area contributed by atoms with Crippen LogP contribution in [0.5, 0.6) is 11.5 Å². The zero-order chi connectivity index (χ0) is 26.7. The molecular formula is C25H27N2O9-. The highest BCUT2D eigenvalue weighted by Gasteiger charge is 2.18. The van der Waals surface area contributed by atoms with Gasteiger partial charge < -0.3 is 39.4 Å². The van der Waals surface area contributed by atoms with Crippen LogP contribution in [0, 0.1) is 0 Å². The molecule has 2 aromatic carbocycles. The SMILES string of the molecule is C=Cc1ccc(N(CC(C)=O)CC(=O)O)c(OCCOc2ccccc2N(CC(=O)[O-])CC(=O)O)c1. The summed E-state index contributed by atoms with van der Waals surface area (Å²) in [5.74, 6) is -3.44. The number of ether oxygens (including phenoxy) is 2. The standard InChI is InChI=1S/C25H28N2O9/c1-3-18-8-9-20(26(13-17(2)28)14-23(29)30)22(12-18)36-11-10-35-21-7-5-4-6-19(21)27(15-24(31)32)16-25(33)34/h3-9,12H,1,10-11,13-16H2,2H3,(H,29,30)(H,31,32)(H,33,34)/p-1. The number of nitrogens with zero attached hydrogens (tertiary/aromatic N) is 2. The number of carbonyl (C=O) groups excluding carboxylic acids is 2. The lowest BCUT2D eigenvalue weighted by Crippen LogP contribution is -2.41. The van der Waals surface area contributed by atoms with Crippen LogP contribution in [0.2, 0.25) is 0 Å². The third kappa shape index (κ3) is 8.67. The summed E-state index contributed by atoms with van der Waals surface area (Å²) >= 11 is 0. The highest BCUT2D eigenvalue weighted by Crippen LogP contribution is 2.31. The van der Waals surface area contributed by atoms with E-state index >= 15 is 0 Å². The summed E-state index contributed by atoms with van der Waals surface area (Å²) in [5.41, 5.74) is 1.37. The lowest BCUT2D eigenvalue weighted by atomic mass is 10.1.